The molecule has 26 heavy (non-hydrogen) atoms. The van der Waals surface area contributed by atoms with Crippen molar-refractivity contribution < 1.29 is 13.3 Å². The highest BCUT2D eigenvalue weighted by Gasteiger charge is 2.28. The van der Waals surface area contributed by atoms with Gasteiger partial charge in [0.05, 0.1) is 9.82 Å². The number of nitrogens with zero attached hydrogens (tertiary/aromatic N) is 3. The van der Waals surface area contributed by atoms with Gasteiger partial charge in [-0.25, -0.2) is 8.42 Å². The van der Waals surface area contributed by atoms with E-state index in [2.05, 4.69) is 4.90 Å². The molecule has 1 fully saturated rings. The van der Waals surface area contributed by atoms with Crippen LogP contribution in [0.25, 0.3) is 0 Å². The fraction of sp³-hybridized carbons (Fsp3) is 0.294. The Bertz CT molecular complexity index is 891. The van der Waals surface area contributed by atoms with Crippen LogP contribution in [0, 0.1) is 10.1 Å². The standard InChI is InChI=1S/C17H20N4O4S/c18-15-3-1-2-14(12-15)13-19-8-10-20(11-9-19)26(24,25)17-6-4-16(5-7-17)21(22)23/h1-7,12H,8-11,13,18H2. The van der Waals surface area contributed by atoms with E-state index in [1.54, 1.807) is 0 Å². The Morgan fingerprint density at radius 3 is 2.27 bits per heavy atom. The third-order valence-corrected chi connectivity index (χ3v) is 6.29. The molecule has 0 spiro atoms. The van der Waals surface area contributed by atoms with E-state index in [0.717, 1.165) is 12.1 Å². The van der Waals surface area contributed by atoms with E-state index in [0.29, 0.717) is 31.9 Å². The quantitative estimate of drug-likeness (QED) is 0.483. The number of nitrogen functional groups attached to an aromatic ring is 1. The third-order valence-electron chi connectivity index (χ3n) is 4.37. The Morgan fingerprint density at radius 2 is 1.69 bits per heavy atom. The Kier molecular flexibility index (Phi) is 5.21. The second-order valence-corrected chi connectivity index (χ2v) is 8.11. The zero-order valence-corrected chi connectivity index (χ0v) is 14.9. The molecule has 138 valence electrons. The molecule has 0 aromatic heterocycles. The molecule has 3 rings (SSSR count). The first-order valence-electron chi connectivity index (χ1n) is 8.17. The maximum atomic E-state index is 12.7. The highest BCUT2D eigenvalue weighted by molar-refractivity contribution is 7.89. The van der Waals surface area contributed by atoms with Crippen molar-refractivity contribution in [2.75, 3.05) is 31.9 Å². The normalized spacial score (nSPS) is 16.5. The predicted octanol–water partition coefficient (Wildman–Crippen LogP) is 1.68. The van der Waals surface area contributed by atoms with Gasteiger partial charge in [0.25, 0.3) is 5.69 Å². The van der Waals surface area contributed by atoms with E-state index < -0.39 is 14.9 Å². The SMILES string of the molecule is Nc1cccc(CN2CCN(S(=O)(=O)c3ccc([N+](=O)[O-])cc3)CC2)c1. The number of sulfonamides is 1. The van der Waals surface area contributed by atoms with Gasteiger partial charge in [0.15, 0.2) is 0 Å². The Labute approximate surface area is 152 Å². The lowest BCUT2D eigenvalue weighted by Gasteiger charge is -2.34. The van der Waals surface area contributed by atoms with Crippen molar-refractivity contribution in [3.63, 3.8) is 0 Å². The van der Waals surface area contributed by atoms with Crippen molar-refractivity contribution in [1.29, 1.82) is 0 Å². The summed E-state index contributed by atoms with van der Waals surface area (Å²) in [5.41, 5.74) is 7.46. The van der Waals surface area contributed by atoms with Gasteiger partial charge in [-0.1, -0.05) is 12.1 Å². The molecule has 1 saturated heterocycles. The van der Waals surface area contributed by atoms with E-state index in [1.165, 1.54) is 28.6 Å². The molecule has 1 aliphatic heterocycles. The maximum Gasteiger partial charge on any atom is 0.269 e. The lowest BCUT2D eigenvalue weighted by molar-refractivity contribution is -0.384. The summed E-state index contributed by atoms with van der Waals surface area (Å²) in [5.74, 6) is 0. The average molecular weight is 376 g/mol. The van der Waals surface area contributed by atoms with Crippen LogP contribution in [0.15, 0.2) is 53.4 Å². The van der Waals surface area contributed by atoms with Crippen molar-refractivity contribution in [3.05, 3.63) is 64.2 Å². The van der Waals surface area contributed by atoms with E-state index >= 15 is 0 Å². The molecular formula is C17H20N4O4S. The van der Waals surface area contributed by atoms with Crippen molar-refractivity contribution in [3.8, 4) is 0 Å². The van der Waals surface area contributed by atoms with Crippen LogP contribution in [-0.4, -0.2) is 48.7 Å². The molecule has 1 heterocycles. The number of non-ortho nitro benzene ring substituents is 1. The van der Waals surface area contributed by atoms with Crippen LogP contribution >= 0.6 is 0 Å². The molecule has 1 aliphatic rings. The summed E-state index contributed by atoms with van der Waals surface area (Å²) in [5, 5.41) is 10.7. The van der Waals surface area contributed by atoms with Gasteiger partial charge in [-0.05, 0) is 29.8 Å². The molecule has 2 N–H and O–H groups in total. The fourth-order valence-corrected chi connectivity index (χ4v) is 4.39. The number of benzene rings is 2. The Hall–Kier alpha value is -2.49. The van der Waals surface area contributed by atoms with Gasteiger partial charge in [0, 0.05) is 50.5 Å². The number of nitro benzene ring substituents is 1. The van der Waals surface area contributed by atoms with Crippen molar-refractivity contribution in [1.82, 2.24) is 9.21 Å². The smallest absolute Gasteiger partial charge is 0.269 e. The maximum absolute atomic E-state index is 12.7. The minimum atomic E-state index is -3.64. The second kappa shape index (κ2) is 7.40. The first-order valence-corrected chi connectivity index (χ1v) is 9.61. The topological polar surface area (TPSA) is 110 Å². The predicted molar refractivity (Wildman–Crippen MR) is 98.0 cm³/mol. The van der Waals surface area contributed by atoms with Crippen molar-refractivity contribution in [2.24, 2.45) is 0 Å². The molecule has 0 saturated carbocycles. The van der Waals surface area contributed by atoms with Gasteiger partial charge >= 0.3 is 0 Å². The fourth-order valence-electron chi connectivity index (χ4n) is 2.97. The first kappa shape index (κ1) is 18.3. The second-order valence-electron chi connectivity index (χ2n) is 6.18. The largest absolute Gasteiger partial charge is 0.399 e. The lowest BCUT2D eigenvalue weighted by atomic mass is 10.2. The Morgan fingerprint density at radius 1 is 1.04 bits per heavy atom. The van der Waals surface area contributed by atoms with Gasteiger partial charge < -0.3 is 5.73 Å². The number of nitrogens with two attached hydrogens (primary N) is 1. The molecule has 9 heteroatoms. The monoisotopic (exact) mass is 376 g/mol. The minimum absolute atomic E-state index is 0.0763. The lowest BCUT2D eigenvalue weighted by Crippen LogP contribution is -2.48. The minimum Gasteiger partial charge on any atom is -0.399 e. The highest BCUT2D eigenvalue weighted by Crippen LogP contribution is 2.21. The van der Waals surface area contributed by atoms with Gasteiger partial charge in [-0.3, -0.25) is 15.0 Å². The molecular weight excluding hydrogens is 356 g/mol. The van der Waals surface area contributed by atoms with Crippen LogP contribution in [0.1, 0.15) is 5.56 Å². The number of hydrogen-bond acceptors (Lipinski definition) is 6. The molecule has 0 bridgehead atoms. The van der Waals surface area contributed by atoms with Crippen molar-refractivity contribution in [2.45, 2.75) is 11.4 Å². The summed E-state index contributed by atoms with van der Waals surface area (Å²) < 4.78 is 26.8. The van der Waals surface area contributed by atoms with Gasteiger partial charge in [-0.15, -0.1) is 0 Å². The van der Waals surface area contributed by atoms with Crippen LogP contribution < -0.4 is 5.73 Å². The molecule has 0 aliphatic carbocycles. The van der Waals surface area contributed by atoms with Crippen LogP contribution in [0.4, 0.5) is 11.4 Å². The molecule has 0 radical (unpaired) electrons. The van der Waals surface area contributed by atoms with Gasteiger partial charge in [-0.2, -0.15) is 4.31 Å². The summed E-state index contributed by atoms with van der Waals surface area (Å²) in [6, 6.07) is 12.6. The zero-order chi connectivity index (χ0) is 18.7. The van der Waals surface area contributed by atoms with Gasteiger partial charge in [0.1, 0.15) is 0 Å². The van der Waals surface area contributed by atoms with Crippen LogP contribution in [-0.2, 0) is 16.6 Å². The van der Waals surface area contributed by atoms with Crippen LogP contribution in [0.2, 0.25) is 0 Å². The number of nitro groups is 1. The summed E-state index contributed by atoms with van der Waals surface area (Å²) in [4.78, 5) is 12.4. The average Bonchev–Trinajstić information content (AvgIpc) is 2.62. The van der Waals surface area contributed by atoms with E-state index in [9.17, 15) is 18.5 Å². The summed E-state index contributed by atoms with van der Waals surface area (Å²) >= 11 is 0. The van der Waals surface area contributed by atoms with E-state index in [-0.39, 0.29) is 10.6 Å². The van der Waals surface area contributed by atoms with Gasteiger partial charge in [0.2, 0.25) is 10.0 Å². The number of piperazine rings is 1. The Balaban J connectivity index is 1.64. The van der Waals surface area contributed by atoms with E-state index in [4.69, 9.17) is 5.73 Å². The zero-order valence-electron chi connectivity index (χ0n) is 14.1. The third kappa shape index (κ3) is 4.01. The number of anilines is 1. The number of hydrogen-bond donors (Lipinski definition) is 1. The first-order chi connectivity index (χ1) is 12.4. The molecule has 2 aromatic carbocycles. The van der Waals surface area contributed by atoms with E-state index in [1.807, 2.05) is 24.3 Å². The molecule has 0 atom stereocenters. The van der Waals surface area contributed by atoms with Crippen LogP contribution in [0.3, 0.4) is 0 Å². The highest BCUT2D eigenvalue weighted by atomic mass is 32.2. The van der Waals surface area contributed by atoms with Crippen molar-refractivity contribution >= 4 is 21.4 Å². The molecule has 2 aromatic rings. The molecule has 0 amide bonds. The molecule has 8 nitrogen and oxygen atoms in total. The summed E-state index contributed by atoms with van der Waals surface area (Å²) in [6.45, 7) is 2.70. The number of rotatable bonds is 5. The summed E-state index contributed by atoms with van der Waals surface area (Å²) in [7, 11) is -3.64. The van der Waals surface area contributed by atoms with Crippen LogP contribution in [0.5, 0.6) is 0 Å². The summed E-state index contributed by atoms with van der Waals surface area (Å²) in [6.07, 6.45) is 0. The molecule has 0 unspecified atom stereocenters.